The number of nitriles is 1. The average Bonchev–Trinajstić information content (AvgIpc) is 2.40. The Morgan fingerprint density at radius 3 is 3.11 bits per heavy atom. The quantitative estimate of drug-likeness (QED) is 0.890. The third-order valence-electron chi connectivity index (χ3n) is 3.27. The van der Waals surface area contributed by atoms with E-state index in [1.807, 2.05) is 6.07 Å². The van der Waals surface area contributed by atoms with Crippen molar-refractivity contribution in [1.29, 1.82) is 5.26 Å². The topological polar surface area (TPSA) is 45.0 Å². The summed E-state index contributed by atoms with van der Waals surface area (Å²) in [6.45, 7) is 2.65. The monoisotopic (exact) mass is 248 g/mol. The predicted molar refractivity (Wildman–Crippen MR) is 66.8 cm³/mol. The van der Waals surface area contributed by atoms with Gasteiger partial charge in [-0.05, 0) is 50.4 Å². The van der Waals surface area contributed by atoms with Gasteiger partial charge in [0.2, 0.25) is 0 Å². The first-order chi connectivity index (χ1) is 8.81. The molecule has 1 N–H and O–H groups in total. The molecule has 4 heteroatoms. The van der Waals surface area contributed by atoms with E-state index in [-0.39, 0.29) is 5.56 Å². The molecule has 0 aromatic heterocycles. The molecule has 1 heterocycles. The van der Waals surface area contributed by atoms with Gasteiger partial charge in [-0.1, -0.05) is 6.07 Å². The Kier molecular flexibility index (Phi) is 4.54. The maximum Gasteiger partial charge on any atom is 0.144 e. The number of halogens is 1. The van der Waals surface area contributed by atoms with Crippen LogP contribution in [0, 0.1) is 23.1 Å². The number of hydrogen-bond donors (Lipinski definition) is 1. The van der Waals surface area contributed by atoms with Crippen molar-refractivity contribution in [3.05, 3.63) is 29.6 Å². The molecule has 1 saturated heterocycles. The van der Waals surface area contributed by atoms with Gasteiger partial charge < -0.3 is 10.1 Å². The van der Waals surface area contributed by atoms with Crippen LogP contribution in [-0.4, -0.2) is 19.7 Å². The van der Waals surface area contributed by atoms with Crippen LogP contribution in [0.15, 0.2) is 18.2 Å². The first-order valence-electron chi connectivity index (χ1n) is 6.33. The van der Waals surface area contributed by atoms with Crippen LogP contribution in [0.5, 0.6) is 5.75 Å². The number of ether oxygens (including phenoxy) is 1. The molecule has 18 heavy (non-hydrogen) atoms. The highest BCUT2D eigenvalue weighted by Gasteiger charge is 2.14. The first-order valence-corrected chi connectivity index (χ1v) is 6.33. The molecule has 1 aliphatic rings. The summed E-state index contributed by atoms with van der Waals surface area (Å²) < 4.78 is 18.8. The molecule has 0 saturated carbocycles. The van der Waals surface area contributed by atoms with E-state index in [9.17, 15) is 4.39 Å². The zero-order valence-electron chi connectivity index (χ0n) is 10.3. The van der Waals surface area contributed by atoms with Crippen LogP contribution in [0.1, 0.15) is 24.8 Å². The van der Waals surface area contributed by atoms with E-state index >= 15 is 0 Å². The van der Waals surface area contributed by atoms with Gasteiger partial charge in [0.15, 0.2) is 0 Å². The van der Waals surface area contributed by atoms with Crippen LogP contribution >= 0.6 is 0 Å². The lowest BCUT2D eigenvalue weighted by atomic mass is 9.97. The summed E-state index contributed by atoms with van der Waals surface area (Å²) in [5, 5.41) is 12.2. The van der Waals surface area contributed by atoms with Crippen molar-refractivity contribution in [3.8, 4) is 11.8 Å². The molecule has 1 aromatic carbocycles. The third-order valence-corrected chi connectivity index (χ3v) is 3.27. The molecular formula is C14H17FN2O. The second kappa shape index (κ2) is 6.36. The third kappa shape index (κ3) is 3.21. The van der Waals surface area contributed by atoms with Gasteiger partial charge in [0.1, 0.15) is 23.2 Å². The molecule has 0 bridgehead atoms. The van der Waals surface area contributed by atoms with Crippen LogP contribution in [0.25, 0.3) is 0 Å². The highest BCUT2D eigenvalue weighted by Crippen LogP contribution is 2.21. The largest absolute Gasteiger partial charge is 0.492 e. The van der Waals surface area contributed by atoms with Crippen LogP contribution in [0.3, 0.4) is 0 Å². The van der Waals surface area contributed by atoms with E-state index in [2.05, 4.69) is 5.32 Å². The van der Waals surface area contributed by atoms with Crippen molar-refractivity contribution in [3.63, 3.8) is 0 Å². The highest BCUT2D eigenvalue weighted by atomic mass is 19.1. The zero-order chi connectivity index (χ0) is 12.8. The summed E-state index contributed by atoms with van der Waals surface area (Å²) in [5.41, 5.74) is -0.000677. The molecule has 0 amide bonds. The van der Waals surface area contributed by atoms with Crippen LogP contribution < -0.4 is 10.1 Å². The fraction of sp³-hybridized carbons (Fsp3) is 0.500. The Morgan fingerprint density at radius 2 is 2.39 bits per heavy atom. The minimum Gasteiger partial charge on any atom is -0.492 e. The first kappa shape index (κ1) is 12.8. The number of rotatable bonds is 4. The molecular weight excluding hydrogens is 231 g/mol. The van der Waals surface area contributed by atoms with Gasteiger partial charge in [0.05, 0.1) is 6.61 Å². The lowest BCUT2D eigenvalue weighted by Crippen LogP contribution is -2.30. The molecule has 1 aliphatic heterocycles. The molecule has 0 spiro atoms. The number of nitrogens with zero attached hydrogens (tertiary/aromatic N) is 1. The maximum absolute atomic E-state index is 13.3. The van der Waals surface area contributed by atoms with Crippen LogP contribution in [0.4, 0.5) is 4.39 Å². The second-order valence-electron chi connectivity index (χ2n) is 4.57. The normalized spacial score (nSPS) is 19.2. The Morgan fingerprint density at radius 1 is 1.50 bits per heavy atom. The summed E-state index contributed by atoms with van der Waals surface area (Å²) in [5.74, 6) is 0.452. The van der Waals surface area contributed by atoms with Gasteiger partial charge >= 0.3 is 0 Å². The van der Waals surface area contributed by atoms with Crippen molar-refractivity contribution >= 4 is 0 Å². The van der Waals surface area contributed by atoms with Gasteiger partial charge in [0.25, 0.3) is 0 Å². The summed E-state index contributed by atoms with van der Waals surface area (Å²) in [6, 6.07) is 6.32. The highest BCUT2D eigenvalue weighted by molar-refractivity contribution is 5.43. The van der Waals surface area contributed by atoms with Crippen molar-refractivity contribution in [2.45, 2.75) is 19.3 Å². The van der Waals surface area contributed by atoms with Crippen molar-refractivity contribution in [1.82, 2.24) is 5.32 Å². The molecule has 3 nitrogen and oxygen atoms in total. The lowest BCUT2D eigenvalue weighted by molar-refractivity contribution is 0.253. The summed E-state index contributed by atoms with van der Waals surface area (Å²) in [7, 11) is 0. The van der Waals surface area contributed by atoms with Crippen molar-refractivity contribution in [2.24, 2.45) is 5.92 Å². The van der Waals surface area contributed by atoms with Gasteiger partial charge in [-0.25, -0.2) is 4.39 Å². The fourth-order valence-corrected chi connectivity index (χ4v) is 2.24. The fourth-order valence-electron chi connectivity index (χ4n) is 2.24. The van der Waals surface area contributed by atoms with E-state index < -0.39 is 5.82 Å². The molecule has 2 rings (SSSR count). The number of benzene rings is 1. The zero-order valence-corrected chi connectivity index (χ0v) is 10.3. The number of piperidine rings is 1. The molecule has 96 valence electrons. The molecule has 0 aliphatic carbocycles. The van der Waals surface area contributed by atoms with E-state index in [0.717, 1.165) is 19.5 Å². The number of nitrogens with one attached hydrogen (secondary N) is 1. The molecule has 1 aromatic rings. The SMILES string of the molecule is N#Cc1c(F)cccc1OCCC1CCCNC1. The molecule has 0 radical (unpaired) electrons. The smallest absolute Gasteiger partial charge is 0.144 e. The van der Waals surface area contributed by atoms with Crippen molar-refractivity contribution in [2.75, 3.05) is 19.7 Å². The molecule has 1 atom stereocenters. The Balaban J connectivity index is 1.86. The maximum atomic E-state index is 13.3. The van der Waals surface area contributed by atoms with E-state index in [1.54, 1.807) is 12.1 Å². The van der Waals surface area contributed by atoms with E-state index in [1.165, 1.54) is 18.9 Å². The van der Waals surface area contributed by atoms with Crippen LogP contribution in [0.2, 0.25) is 0 Å². The Bertz CT molecular complexity index is 436. The van der Waals surface area contributed by atoms with E-state index in [4.69, 9.17) is 10.00 Å². The minimum atomic E-state index is -0.519. The van der Waals surface area contributed by atoms with Gasteiger partial charge in [-0.2, -0.15) is 5.26 Å². The van der Waals surface area contributed by atoms with E-state index in [0.29, 0.717) is 18.3 Å². The average molecular weight is 248 g/mol. The Hall–Kier alpha value is -1.60. The second-order valence-corrected chi connectivity index (χ2v) is 4.57. The summed E-state index contributed by atoms with van der Waals surface area (Å²) in [4.78, 5) is 0. The molecule has 1 unspecified atom stereocenters. The standard InChI is InChI=1S/C14H17FN2O/c15-13-4-1-5-14(12(13)9-16)18-8-6-11-3-2-7-17-10-11/h1,4-5,11,17H,2-3,6-8,10H2. The molecule has 1 fully saturated rings. The number of hydrogen-bond acceptors (Lipinski definition) is 3. The summed E-state index contributed by atoms with van der Waals surface area (Å²) in [6.07, 6.45) is 3.35. The van der Waals surface area contributed by atoms with Crippen LogP contribution in [-0.2, 0) is 0 Å². The predicted octanol–water partition coefficient (Wildman–Crippen LogP) is 2.47. The van der Waals surface area contributed by atoms with Crippen molar-refractivity contribution < 1.29 is 9.13 Å². The minimum absolute atomic E-state index is 0.000677. The lowest BCUT2D eigenvalue weighted by Gasteiger charge is -2.22. The summed E-state index contributed by atoms with van der Waals surface area (Å²) >= 11 is 0. The Labute approximate surface area is 107 Å². The van der Waals surface area contributed by atoms with Gasteiger partial charge in [0, 0.05) is 0 Å². The van der Waals surface area contributed by atoms with Gasteiger partial charge in [-0.15, -0.1) is 0 Å². The van der Waals surface area contributed by atoms with Gasteiger partial charge in [-0.3, -0.25) is 0 Å².